The predicted molar refractivity (Wildman–Crippen MR) is 93.4 cm³/mol. The van der Waals surface area contributed by atoms with Crippen LogP contribution in [0.4, 0.5) is 5.69 Å². The summed E-state index contributed by atoms with van der Waals surface area (Å²) in [7, 11) is 0. The number of allylic oxidation sites excluding steroid dienone is 1. The zero-order valence-electron chi connectivity index (χ0n) is 13.6. The number of hydrogen-bond donors (Lipinski definition) is 2. The maximum absolute atomic E-state index is 12.3. The number of carbonyl (C=O) groups excluding carboxylic acids is 2. The minimum Gasteiger partial charge on any atom is -0.507 e. The molecule has 0 saturated carbocycles. The van der Waals surface area contributed by atoms with Crippen molar-refractivity contribution in [1.82, 2.24) is 0 Å². The van der Waals surface area contributed by atoms with Gasteiger partial charge in [-0.25, -0.2) is 0 Å². The van der Waals surface area contributed by atoms with Gasteiger partial charge in [0, 0.05) is 12.6 Å². The fourth-order valence-electron chi connectivity index (χ4n) is 2.12. The molecule has 0 spiro atoms. The largest absolute Gasteiger partial charge is 0.507 e. The van der Waals surface area contributed by atoms with Crippen molar-refractivity contribution < 1.29 is 19.4 Å². The van der Waals surface area contributed by atoms with Crippen LogP contribution in [0.5, 0.6) is 11.5 Å². The number of nitrogens with one attached hydrogen (secondary N) is 1. The van der Waals surface area contributed by atoms with Crippen molar-refractivity contribution >= 4 is 23.5 Å². The SMILES string of the molecule is CCOc1ccc(C=CC(=O)c2cc(NC(C)=O)ccc2O)cc1. The maximum atomic E-state index is 12.3. The first kappa shape index (κ1) is 17.3. The van der Waals surface area contributed by atoms with E-state index in [4.69, 9.17) is 4.74 Å². The number of hydrogen-bond acceptors (Lipinski definition) is 4. The molecule has 2 aromatic carbocycles. The van der Waals surface area contributed by atoms with Gasteiger partial charge in [0.2, 0.25) is 5.91 Å². The third-order valence-corrected chi connectivity index (χ3v) is 3.20. The Kier molecular flexibility index (Phi) is 5.73. The molecule has 0 aromatic heterocycles. The van der Waals surface area contributed by atoms with Gasteiger partial charge < -0.3 is 15.2 Å². The normalized spacial score (nSPS) is 10.6. The fraction of sp³-hybridized carbons (Fsp3) is 0.158. The molecule has 0 heterocycles. The van der Waals surface area contributed by atoms with E-state index in [1.54, 1.807) is 6.08 Å². The molecule has 124 valence electrons. The molecule has 2 aromatic rings. The Morgan fingerprint density at radius 3 is 2.50 bits per heavy atom. The average molecular weight is 325 g/mol. The van der Waals surface area contributed by atoms with Crippen LogP contribution in [0.3, 0.4) is 0 Å². The zero-order valence-corrected chi connectivity index (χ0v) is 13.6. The van der Waals surface area contributed by atoms with Gasteiger partial charge in [-0.15, -0.1) is 0 Å². The van der Waals surface area contributed by atoms with Crippen LogP contribution in [0.25, 0.3) is 6.08 Å². The molecule has 0 aliphatic rings. The molecule has 0 fully saturated rings. The molecule has 5 heteroatoms. The Balaban J connectivity index is 2.15. The zero-order chi connectivity index (χ0) is 17.5. The number of phenolic OH excluding ortho intramolecular Hbond substituents is 1. The van der Waals surface area contributed by atoms with Crippen LogP contribution in [-0.4, -0.2) is 23.4 Å². The molecule has 5 nitrogen and oxygen atoms in total. The molecule has 0 saturated heterocycles. The van der Waals surface area contributed by atoms with Crippen molar-refractivity contribution in [2.45, 2.75) is 13.8 Å². The number of aromatic hydroxyl groups is 1. The molecular formula is C19H19NO4. The lowest BCUT2D eigenvalue weighted by molar-refractivity contribution is -0.114. The molecular weight excluding hydrogens is 306 g/mol. The molecule has 0 aliphatic carbocycles. The van der Waals surface area contributed by atoms with E-state index in [1.807, 2.05) is 31.2 Å². The third kappa shape index (κ3) is 4.71. The number of phenols is 1. The molecule has 0 aliphatic heterocycles. The lowest BCUT2D eigenvalue weighted by atomic mass is 10.1. The van der Waals surface area contributed by atoms with Gasteiger partial charge in [-0.1, -0.05) is 18.2 Å². The van der Waals surface area contributed by atoms with Gasteiger partial charge in [-0.2, -0.15) is 0 Å². The first-order valence-corrected chi connectivity index (χ1v) is 7.55. The number of anilines is 1. The minimum atomic E-state index is -0.353. The Morgan fingerprint density at radius 2 is 1.88 bits per heavy atom. The summed E-state index contributed by atoms with van der Waals surface area (Å²) in [6.45, 7) is 3.88. The quantitative estimate of drug-likeness (QED) is 0.483. The van der Waals surface area contributed by atoms with Gasteiger partial charge in [0.15, 0.2) is 5.78 Å². The van der Waals surface area contributed by atoms with Gasteiger partial charge in [-0.05, 0) is 48.9 Å². The van der Waals surface area contributed by atoms with E-state index < -0.39 is 0 Å². The standard InChI is InChI=1S/C19H19NO4/c1-3-24-16-8-4-14(5-9-16)6-10-18(22)17-12-15(20-13(2)21)7-11-19(17)23/h4-12,23H,3H2,1-2H3,(H,20,21). The molecule has 0 bridgehead atoms. The highest BCUT2D eigenvalue weighted by Gasteiger charge is 2.10. The number of ketones is 1. The maximum Gasteiger partial charge on any atom is 0.221 e. The van der Waals surface area contributed by atoms with Crippen LogP contribution in [0, 0.1) is 0 Å². The Hall–Kier alpha value is -3.08. The van der Waals surface area contributed by atoms with Crippen LogP contribution in [0.2, 0.25) is 0 Å². The van der Waals surface area contributed by atoms with Crippen molar-refractivity contribution in [3.05, 3.63) is 59.7 Å². The molecule has 24 heavy (non-hydrogen) atoms. The van der Waals surface area contributed by atoms with E-state index in [-0.39, 0.29) is 23.0 Å². The van der Waals surface area contributed by atoms with Crippen molar-refractivity contribution in [2.24, 2.45) is 0 Å². The summed E-state index contributed by atoms with van der Waals surface area (Å²) < 4.78 is 5.36. The Labute approximate surface area is 140 Å². The number of amides is 1. The molecule has 2 rings (SSSR count). The Morgan fingerprint density at radius 1 is 1.17 bits per heavy atom. The number of carbonyl (C=O) groups is 2. The molecule has 0 unspecified atom stereocenters. The summed E-state index contributed by atoms with van der Waals surface area (Å²) in [4.78, 5) is 23.3. The smallest absolute Gasteiger partial charge is 0.221 e. The van der Waals surface area contributed by atoms with Gasteiger partial charge in [0.1, 0.15) is 11.5 Å². The fourth-order valence-corrected chi connectivity index (χ4v) is 2.12. The van der Waals surface area contributed by atoms with Gasteiger partial charge >= 0.3 is 0 Å². The summed E-state index contributed by atoms with van der Waals surface area (Å²) >= 11 is 0. The summed E-state index contributed by atoms with van der Waals surface area (Å²) in [5.41, 5.74) is 1.42. The van der Waals surface area contributed by atoms with Gasteiger partial charge in [0.05, 0.1) is 12.2 Å². The first-order chi connectivity index (χ1) is 11.5. The summed E-state index contributed by atoms with van der Waals surface area (Å²) in [6, 6.07) is 11.7. The highest BCUT2D eigenvalue weighted by Crippen LogP contribution is 2.23. The minimum absolute atomic E-state index is 0.128. The van der Waals surface area contributed by atoms with Crippen molar-refractivity contribution in [3.63, 3.8) is 0 Å². The predicted octanol–water partition coefficient (Wildman–Crippen LogP) is 3.65. The van der Waals surface area contributed by atoms with E-state index >= 15 is 0 Å². The van der Waals surface area contributed by atoms with Crippen LogP contribution in [0.1, 0.15) is 29.8 Å². The first-order valence-electron chi connectivity index (χ1n) is 7.55. The molecule has 2 N–H and O–H groups in total. The lowest BCUT2D eigenvalue weighted by Gasteiger charge is -2.06. The van der Waals surface area contributed by atoms with Crippen molar-refractivity contribution in [2.75, 3.05) is 11.9 Å². The van der Waals surface area contributed by atoms with E-state index in [1.165, 1.54) is 31.2 Å². The summed E-state index contributed by atoms with van der Waals surface area (Å²) in [5.74, 6) is 0.0321. The third-order valence-electron chi connectivity index (χ3n) is 3.20. The number of benzene rings is 2. The number of rotatable bonds is 6. The monoisotopic (exact) mass is 325 g/mol. The van der Waals surface area contributed by atoms with Crippen LogP contribution < -0.4 is 10.1 Å². The van der Waals surface area contributed by atoms with E-state index in [0.717, 1.165) is 11.3 Å². The lowest BCUT2D eigenvalue weighted by Crippen LogP contribution is -2.06. The Bertz CT molecular complexity index is 763. The number of ether oxygens (including phenoxy) is 1. The van der Waals surface area contributed by atoms with E-state index in [9.17, 15) is 14.7 Å². The second-order valence-corrected chi connectivity index (χ2v) is 5.11. The average Bonchev–Trinajstić information content (AvgIpc) is 2.55. The highest BCUT2D eigenvalue weighted by molar-refractivity contribution is 6.09. The van der Waals surface area contributed by atoms with Gasteiger partial charge in [0.25, 0.3) is 0 Å². The van der Waals surface area contributed by atoms with Crippen molar-refractivity contribution in [1.29, 1.82) is 0 Å². The molecule has 1 amide bonds. The molecule has 0 atom stereocenters. The molecule has 0 radical (unpaired) electrons. The van der Waals surface area contributed by atoms with E-state index in [2.05, 4.69) is 5.32 Å². The second-order valence-electron chi connectivity index (χ2n) is 5.11. The van der Waals surface area contributed by atoms with Crippen molar-refractivity contribution in [3.8, 4) is 11.5 Å². The highest BCUT2D eigenvalue weighted by atomic mass is 16.5. The van der Waals surface area contributed by atoms with Crippen LogP contribution in [0.15, 0.2) is 48.5 Å². The second kappa shape index (κ2) is 7.97. The van der Waals surface area contributed by atoms with E-state index in [0.29, 0.717) is 12.3 Å². The topological polar surface area (TPSA) is 75.6 Å². The summed E-state index contributed by atoms with van der Waals surface area (Å²) in [5, 5.41) is 12.4. The van der Waals surface area contributed by atoms with Crippen LogP contribution in [-0.2, 0) is 4.79 Å². The van der Waals surface area contributed by atoms with Crippen LogP contribution >= 0.6 is 0 Å². The summed E-state index contributed by atoms with van der Waals surface area (Å²) in [6.07, 6.45) is 3.03. The van der Waals surface area contributed by atoms with Gasteiger partial charge in [-0.3, -0.25) is 9.59 Å².